The Labute approximate surface area is 179 Å². The van der Waals surface area contributed by atoms with Gasteiger partial charge in [0, 0.05) is 22.9 Å². The highest BCUT2D eigenvalue weighted by Crippen LogP contribution is 2.40. The molecule has 154 valence electrons. The van der Waals surface area contributed by atoms with E-state index in [2.05, 4.69) is 5.32 Å². The van der Waals surface area contributed by atoms with Gasteiger partial charge in [-0.15, -0.1) is 0 Å². The molecule has 1 fully saturated rings. The number of ketones is 1. The third-order valence-electron chi connectivity index (χ3n) is 5.60. The lowest BCUT2D eigenvalue weighted by Gasteiger charge is -2.10. The zero-order chi connectivity index (χ0) is 21.5. The van der Waals surface area contributed by atoms with E-state index in [1.807, 2.05) is 48.0 Å². The van der Waals surface area contributed by atoms with Crippen LogP contribution in [0.15, 0.2) is 60.7 Å². The zero-order valence-corrected chi connectivity index (χ0v) is 17.4. The molecule has 0 radical (unpaired) electrons. The molecule has 0 atom stereocenters. The maximum atomic E-state index is 13.3. The van der Waals surface area contributed by atoms with Crippen LogP contribution in [0, 0.1) is 6.92 Å². The third-order valence-corrected chi connectivity index (χ3v) is 5.60. The fourth-order valence-electron chi connectivity index (χ4n) is 3.84. The van der Waals surface area contributed by atoms with Gasteiger partial charge in [0.2, 0.25) is 0 Å². The highest BCUT2D eigenvalue weighted by atomic mass is 16.1. The Morgan fingerprint density at radius 3 is 2.52 bits per heavy atom. The van der Waals surface area contributed by atoms with Crippen molar-refractivity contribution in [2.45, 2.75) is 32.6 Å². The van der Waals surface area contributed by atoms with Gasteiger partial charge in [-0.05, 0) is 57.0 Å². The topological polar surface area (TPSA) is 76.9 Å². The maximum absolute atomic E-state index is 13.3. The Morgan fingerprint density at radius 1 is 1.03 bits per heavy atom. The van der Waals surface area contributed by atoms with E-state index in [1.54, 1.807) is 24.3 Å². The minimum atomic E-state index is -0.231. The van der Waals surface area contributed by atoms with Crippen molar-refractivity contribution < 1.29 is 9.59 Å². The SMILES string of the molecule is CC(=O)c1cccc(NC(=O)c2cc(C3CC3)nc3c2c(C)nn3-c2ccccc2)c1. The van der Waals surface area contributed by atoms with Crippen LogP contribution in [0.2, 0.25) is 0 Å². The zero-order valence-electron chi connectivity index (χ0n) is 17.4. The molecule has 5 rings (SSSR count). The Hall–Kier alpha value is -3.80. The van der Waals surface area contributed by atoms with E-state index < -0.39 is 0 Å². The lowest BCUT2D eigenvalue weighted by atomic mass is 10.1. The van der Waals surface area contributed by atoms with Gasteiger partial charge in [0.15, 0.2) is 11.4 Å². The van der Waals surface area contributed by atoms with Crippen LogP contribution in [0.4, 0.5) is 5.69 Å². The summed E-state index contributed by atoms with van der Waals surface area (Å²) >= 11 is 0. The van der Waals surface area contributed by atoms with Crippen molar-refractivity contribution in [3.63, 3.8) is 0 Å². The second-order valence-electron chi connectivity index (χ2n) is 7.99. The molecule has 0 aliphatic heterocycles. The van der Waals surface area contributed by atoms with Gasteiger partial charge < -0.3 is 5.32 Å². The summed E-state index contributed by atoms with van der Waals surface area (Å²) in [5.74, 6) is 0.112. The van der Waals surface area contributed by atoms with E-state index in [1.165, 1.54) is 6.92 Å². The van der Waals surface area contributed by atoms with Crippen molar-refractivity contribution in [3.8, 4) is 5.69 Å². The predicted octanol–water partition coefficient (Wildman–Crippen LogP) is 5.06. The molecular formula is C25H22N4O2. The predicted molar refractivity (Wildman–Crippen MR) is 120 cm³/mol. The average Bonchev–Trinajstić information content (AvgIpc) is 3.58. The highest BCUT2D eigenvalue weighted by Gasteiger charge is 2.29. The Balaban J connectivity index is 1.62. The van der Waals surface area contributed by atoms with E-state index in [0.29, 0.717) is 28.4 Å². The first-order valence-corrected chi connectivity index (χ1v) is 10.4. The minimum absolute atomic E-state index is 0.0431. The van der Waals surface area contributed by atoms with Crippen LogP contribution in [0.5, 0.6) is 0 Å². The van der Waals surface area contributed by atoms with E-state index in [4.69, 9.17) is 10.1 Å². The van der Waals surface area contributed by atoms with Gasteiger partial charge in [0.1, 0.15) is 0 Å². The lowest BCUT2D eigenvalue weighted by molar-refractivity contribution is 0.101. The molecule has 31 heavy (non-hydrogen) atoms. The standard InChI is InChI=1S/C25H22N4O2/c1-15-23-21(25(31)26-19-8-6-7-18(13-19)16(2)30)14-22(17-11-12-17)27-24(23)29(28-15)20-9-4-3-5-10-20/h3-10,13-14,17H,11-12H2,1-2H3,(H,26,31). The van der Waals surface area contributed by atoms with Crippen molar-refractivity contribution in [1.29, 1.82) is 0 Å². The Kier molecular flexibility index (Phi) is 4.62. The van der Waals surface area contributed by atoms with Crippen molar-refractivity contribution >= 4 is 28.4 Å². The van der Waals surface area contributed by atoms with Gasteiger partial charge in [-0.1, -0.05) is 30.3 Å². The molecule has 2 aromatic heterocycles. The number of aryl methyl sites for hydroxylation is 1. The first-order valence-electron chi connectivity index (χ1n) is 10.4. The number of pyridine rings is 1. The van der Waals surface area contributed by atoms with Crippen molar-refractivity contribution in [3.05, 3.63) is 83.2 Å². The number of anilines is 1. The monoisotopic (exact) mass is 410 g/mol. The van der Waals surface area contributed by atoms with Crippen molar-refractivity contribution in [2.24, 2.45) is 0 Å². The number of para-hydroxylation sites is 1. The number of fused-ring (bicyclic) bond motifs is 1. The summed E-state index contributed by atoms with van der Waals surface area (Å²) < 4.78 is 1.81. The van der Waals surface area contributed by atoms with Crippen LogP contribution in [-0.4, -0.2) is 26.5 Å². The van der Waals surface area contributed by atoms with Gasteiger partial charge in [-0.3, -0.25) is 9.59 Å². The number of carbonyl (C=O) groups excluding carboxylic acids is 2. The van der Waals surface area contributed by atoms with Crippen molar-refractivity contribution in [1.82, 2.24) is 14.8 Å². The number of hydrogen-bond acceptors (Lipinski definition) is 4. The molecule has 6 heteroatoms. The van der Waals surface area contributed by atoms with Gasteiger partial charge in [0.05, 0.1) is 22.3 Å². The number of carbonyl (C=O) groups is 2. The fourth-order valence-corrected chi connectivity index (χ4v) is 3.84. The summed E-state index contributed by atoms with van der Waals surface area (Å²) in [4.78, 5) is 29.9. The van der Waals surface area contributed by atoms with Crippen LogP contribution >= 0.6 is 0 Å². The first-order chi connectivity index (χ1) is 15.0. The Morgan fingerprint density at radius 2 is 1.81 bits per heavy atom. The second kappa shape index (κ2) is 7.47. The normalized spacial score (nSPS) is 13.4. The van der Waals surface area contributed by atoms with Crippen LogP contribution in [0.1, 0.15) is 57.8 Å². The van der Waals surface area contributed by atoms with Crippen LogP contribution in [0.25, 0.3) is 16.7 Å². The highest BCUT2D eigenvalue weighted by molar-refractivity contribution is 6.13. The molecule has 0 spiro atoms. The van der Waals surface area contributed by atoms with Gasteiger partial charge in [-0.2, -0.15) is 5.10 Å². The molecule has 2 aromatic carbocycles. The average molecular weight is 410 g/mol. The molecule has 1 aliphatic rings. The lowest BCUT2D eigenvalue weighted by Crippen LogP contribution is -2.14. The molecule has 0 saturated heterocycles. The van der Waals surface area contributed by atoms with E-state index in [9.17, 15) is 9.59 Å². The summed E-state index contributed by atoms with van der Waals surface area (Å²) in [6, 6.07) is 18.7. The quantitative estimate of drug-likeness (QED) is 0.467. The molecule has 1 aliphatic carbocycles. The van der Waals surface area contributed by atoms with Crippen LogP contribution in [0.3, 0.4) is 0 Å². The first kappa shape index (κ1) is 19.2. The van der Waals surface area contributed by atoms with Gasteiger partial charge in [0.25, 0.3) is 5.91 Å². The number of amides is 1. The molecule has 0 bridgehead atoms. The number of benzene rings is 2. The number of Topliss-reactive ketones (excluding diaryl/α,β-unsaturated/α-hetero) is 1. The van der Waals surface area contributed by atoms with Crippen LogP contribution in [-0.2, 0) is 0 Å². The summed E-state index contributed by atoms with van der Waals surface area (Å²) in [5.41, 5.74) is 4.97. The summed E-state index contributed by atoms with van der Waals surface area (Å²) in [7, 11) is 0. The maximum Gasteiger partial charge on any atom is 0.256 e. The molecule has 4 aromatic rings. The van der Waals surface area contributed by atoms with E-state index in [-0.39, 0.29) is 11.7 Å². The molecule has 2 heterocycles. The molecule has 1 saturated carbocycles. The van der Waals surface area contributed by atoms with Crippen molar-refractivity contribution in [2.75, 3.05) is 5.32 Å². The van der Waals surface area contributed by atoms with Gasteiger partial charge in [-0.25, -0.2) is 9.67 Å². The molecule has 0 unspecified atom stereocenters. The number of hydrogen-bond donors (Lipinski definition) is 1. The summed E-state index contributed by atoms with van der Waals surface area (Å²) in [6.45, 7) is 3.41. The summed E-state index contributed by atoms with van der Waals surface area (Å²) in [5, 5.41) is 8.39. The number of aromatic nitrogens is 3. The largest absolute Gasteiger partial charge is 0.322 e. The molecule has 1 N–H and O–H groups in total. The summed E-state index contributed by atoms with van der Waals surface area (Å²) in [6.07, 6.45) is 2.16. The van der Waals surface area contributed by atoms with E-state index >= 15 is 0 Å². The minimum Gasteiger partial charge on any atom is -0.322 e. The van der Waals surface area contributed by atoms with E-state index in [0.717, 1.165) is 35.3 Å². The number of rotatable bonds is 5. The number of nitrogens with zero attached hydrogens (tertiary/aromatic N) is 3. The fraction of sp³-hybridized carbons (Fsp3) is 0.200. The molecule has 1 amide bonds. The molecule has 6 nitrogen and oxygen atoms in total. The van der Waals surface area contributed by atoms with Gasteiger partial charge >= 0.3 is 0 Å². The smallest absolute Gasteiger partial charge is 0.256 e. The third kappa shape index (κ3) is 3.61. The van der Waals surface area contributed by atoms with Crippen LogP contribution < -0.4 is 5.32 Å². The Bertz CT molecular complexity index is 1320. The number of nitrogens with one attached hydrogen (secondary N) is 1. The second-order valence-corrected chi connectivity index (χ2v) is 7.99. The molecular weight excluding hydrogens is 388 g/mol.